The molecule has 0 amide bonds. The largest absolute Gasteiger partial charge is 0.393 e. The number of aliphatic hydroxyl groups excluding tert-OH is 2. The molecule has 3 atom stereocenters. The summed E-state index contributed by atoms with van der Waals surface area (Å²) in [5, 5.41) is 18.9. The topological polar surface area (TPSA) is 43.7 Å². The Morgan fingerprint density at radius 1 is 1.31 bits per heavy atom. The Kier molecular flexibility index (Phi) is 2.58. The standard InChI is InChI=1S/C10H19NO2/c1-7(12)6-11-8-2-3-9(11)5-10(13)4-8/h7-10,12-13H,2-6H2,1H3. The van der Waals surface area contributed by atoms with Gasteiger partial charge in [-0.2, -0.15) is 0 Å². The Morgan fingerprint density at radius 2 is 1.85 bits per heavy atom. The van der Waals surface area contributed by atoms with Crippen molar-refractivity contribution in [1.29, 1.82) is 0 Å². The Morgan fingerprint density at radius 3 is 2.31 bits per heavy atom. The molecule has 0 aliphatic carbocycles. The van der Waals surface area contributed by atoms with E-state index in [1.807, 2.05) is 6.92 Å². The Balaban J connectivity index is 1.98. The van der Waals surface area contributed by atoms with Gasteiger partial charge in [-0.25, -0.2) is 0 Å². The van der Waals surface area contributed by atoms with Crippen molar-refractivity contribution in [3.05, 3.63) is 0 Å². The van der Waals surface area contributed by atoms with Crippen molar-refractivity contribution in [2.24, 2.45) is 0 Å². The van der Waals surface area contributed by atoms with Gasteiger partial charge in [-0.15, -0.1) is 0 Å². The van der Waals surface area contributed by atoms with Crippen LogP contribution in [0, 0.1) is 0 Å². The predicted octanol–water partition coefficient (Wildman–Crippen LogP) is 0.355. The molecule has 0 spiro atoms. The van der Waals surface area contributed by atoms with Crippen molar-refractivity contribution >= 4 is 0 Å². The number of piperidine rings is 1. The first-order chi connectivity index (χ1) is 6.16. The Labute approximate surface area is 79.4 Å². The van der Waals surface area contributed by atoms with Crippen LogP contribution in [0.5, 0.6) is 0 Å². The number of fused-ring (bicyclic) bond motifs is 2. The van der Waals surface area contributed by atoms with Crippen LogP contribution in [0.1, 0.15) is 32.6 Å². The lowest BCUT2D eigenvalue weighted by molar-refractivity contribution is 0.0122. The minimum atomic E-state index is -0.238. The molecule has 2 bridgehead atoms. The molecule has 3 unspecified atom stereocenters. The number of aliphatic hydroxyl groups is 2. The molecule has 2 aliphatic heterocycles. The van der Waals surface area contributed by atoms with Gasteiger partial charge in [0.1, 0.15) is 0 Å². The minimum absolute atomic E-state index is 0.0947. The maximum Gasteiger partial charge on any atom is 0.0639 e. The number of nitrogens with zero attached hydrogens (tertiary/aromatic N) is 1. The number of hydrogen-bond donors (Lipinski definition) is 2. The zero-order chi connectivity index (χ0) is 9.42. The third-order valence-electron chi connectivity index (χ3n) is 3.33. The number of hydrogen-bond acceptors (Lipinski definition) is 3. The van der Waals surface area contributed by atoms with E-state index in [0.717, 1.165) is 19.4 Å². The van der Waals surface area contributed by atoms with Crippen LogP contribution in [0.25, 0.3) is 0 Å². The molecule has 0 aromatic heterocycles. The maximum absolute atomic E-state index is 9.55. The van der Waals surface area contributed by atoms with Crippen LogP contribution in [0.4, 0.5) is 0 Å². The van der Waals surface area contributed by atoms with Gasteiger partial charge in [0.15, 0.2) is 0 Å². The lowest BCUT2D eigenvalue weighted by Crippen LogP contribution is -2.47. The molecule has 76 valence electrons. The summed E-state index contributed by atoms with van der Waals surface area (Å²) in [7, 11) is 0. The summed E-state index contributed by atoms with van der Waals surface area (Å²) >= 11 is 0. The fraction of sp³-hybridized carbons (Fsp3) is 1.00. The summed E-state index contributed by atoms with van der Waals surface area (Å²) in [6.45, 7) is 2.62. The van der Waals surface area contributed by atoms with Gasteiger partial charge >= 0.3 is 0 Å². The van der Waals surface area contributed by atoms with Crippen LogP contribution in [0.3, 0.4) is 0 Å². The highest BCUT2D eigenvalue weighted by Gasteiger charge is 2.40. The molecule has 3 nitrogen and oxygen atoms in total. The Hall–Kier alpha value is -0.120. The van der Waals surface area contributed by atoms with Gasteiger partial charge < -0.3 is 10.2 Å². The molecule has 2 saturated heterocycles. The molecule has 0 radical (unpaired) electrons. The van der Waals surface area contributed by atoms with E-state index in [-0.39, 0.29) is 12.2 Å². The van der Waals surface area contributed by atoms with Crippen molar-refractivity contribution < 1.29 is 10.2 Å². The van der Waals surface area contributed by atoms with Gasteiger partial charge in [0.2, 0.25) is 0 Å². The highest BCUT2D eigenvalue weighted by molar-refractivity contribution is 4.95. The fourth-order valence-electron chi connectivity index (χ4n) is 2.85. The summed E-state index contributed by atoms with van der Waals surface area (Å²) in [5.74, 6) is 0. The molecule has 0 aromatic carbocycles. The van der Waals surface area contributed by atoms with Crippen LogP contribution in [-0.4, -0.2) is 45.9 Å². The quantitative estimate of drug-likeness (QED) is 0.652. The van der Waals surface area contributed by atoms with Gasteiger partial charge in [-0.3, -0.25) is 4.90 Å². The van der Waals surface area contributed by atoms with Gasteiger partial charge in [-0.1, -0.05) is 0 Å². The molecule has 3 heteroatoms. The van der Waals surface area contributed by atoms with E-state index in [4.69, 9.17) is 0 Å². The lowest BCUT2D eigenvalue weighted by Gasteiger charge is -2.37. The summed E-state index contributed by atoms with van der Waals surface area (Å²) in [6.07, 6.45) is 3.89. The van der Waals surface area contributed by atoms with E-state index >= 15 is 0 Å². The first-order valence-electron chi connectivity index (χ1n) is 5.28. The summed E-state index contributed by atoms with van der Waals surface area (Å²) < 4.78 is 0. The van der Waals surface area contributed by atoms with Crippen molar-refractivity contribution in [3.8, 4) is 0 Å². The van der Waals surface area contributed by atoms with E-state index in [1.54, 1.807) is 0 Å². The molecule has 0 saturated carbocycles. The lowest BCUT2D eigenvalue weighted by atomic mass is 9.99. The second-order valence-corrected chi connectivity index (χ2v) is 4.56. The predicted molar refractivity (Wildman–Crippen MR) is 50.4 cm³/mol. The monoisotopic (exact) mass is 185 g/mol. The smallest absolute Gasteiger partial charge is 0.0639 e. The van der Waals surface area contributed by atoms with Crippen molar-refractivity contribution in [1.82, 2.24) is 4.90 Å². The molecule has 2 N–H and O–H groups in total. The van der Waals surface area contributed by atoms with E-state index in [9.17, 15) is 10.2 Å². The van der Waals surface area contributed by atoms with Gasteiger partial charge in [0.25, 0.3) is 0 Å². The van der Waals surface area contributed by atoms with Crippen LogP contribution >= 0.6 is 0 Å². The Bertz CT molecular complexity index is 170. The first kappa shape index (κ1) is 9.44. The van der Waals surface area contributed by atoms with Crippen LogP contribution in [-0.2, 0) is 0 Å². The molecule has 2 heterocycles. The summed E-state index contributed by atoms with van der Waals surface area (Å²) in [5.41, 5.74) is 0. The van der Waals surface area contributed by atoms with Gasteiger partial charge in [0.05, 0.1) is 12.2 Å². The molecular weight excluding hydrogens is 166 g/mol. The molecule has 2 rings (SSSR count). The highest BCUT2D eigenvalue weighted by Crippen LogP contribution is 2.35. The third kappa shape index (κ3) is 1.87. The van der Waals surface area contributed by atoms with Crippen molar-refractivity contribution in [3.63, 3.8) is 0 Å². The minimum Gasteiger partial charge on any atom is -0.393 e. The van der Waals surface area contributed by atoms with Crippen molar-refractivity contribution in [2.45, 2.75) is 56.9 Å². The molecule has 2 aliphatic rings. The maximum atomic E-state index is 9.55. The molecular formula is C10H19NO2. The number of rotatable bonds is 2. The van der Waals surface area contributed by atoms with Crippen molar-refractivity contribution in [2.75, 3.05) is 6.54 Å². The average molecular weight is 185 g/mol. The second-order valence-electron chi connectivity index (χ2n) is 4.56. The van der Waals surface area contributed by atoms with E-state index in [1.165, 1.54) is 12.8 Å². The molecule has 13 heavy (non-hydrogen) atoms. The van der Waals surface area contributed by atoms with Gasteiger partial charge in [0, 0.05) is 18.6 Å². The average Bonchev–Trinajstić information content (AvgIpc) is 2.32. The van der Waals surface area contributed by atoms with E-state index in [2.05, 4.69) is 4.90 Å². The fourth-order valence-corrected chi connectivity index (χ4v) is 2.85. The first-order valence-corrected chi connectivity index (χ1v) is 5.28. The van der Waals surface area contributed by atoms with E-state index < -0.39 is 0 Å². The molecule has 2 fully saturated rings. The SMILES string of the molecule is CC(O)CN1C2CCC1CC(O)C2. The van der Waals surface area contributed by atoms with Crippen LogP contribution in [0.15, 0.2) is 0 Å². The van der Waals surface area contributed by atoms with Crippen LogP contribution in [0.2, 0.25) is 0 Å². The summed E-state index contributed by atoms with van der Waals surface area (Å²) in [6, 6.07) is 1.06. The van der Waals surface area contributed by atoms with E-state index in [0.29, 0.717) is 12.1 Å². The second kappa shape index (κ2) is 3.56. The highest BCUT2D eigenvalue weighted by atomic mass is 16.3. The molecule has 0 aromatic rings. The zero-order valence-corrected chi connectivity index (χ0v) is 8.19. The third-order valence-corrected chi connectivity index (χ3v) is 3.33. The normalized spacial score (nSPS) is 42.2. The zero-order valence-electron chi connectivity index (χ0n) is 8.19. The van der Waals surface area contributed by atoms with Gasteiger partial charge in [-0.05, 0) is 32.6 Å². The van der Waals surface area contributed by atoms with Crippen LogP contribution < -0.4 is 0 Å². The summed E-state index contributed by atoms with van der Waals surface area (Å²) in [4.78, 5) is 2.39.